The molecule has 3 heteroatoms. The molecule has 0 aromatic heterocycles. The fourth-order valence-corrected chi connectivity index (χ4v) is 0. The molecule has 4 heavy (non-hydrogen) atoms. The van der Waals surface area contributed by atoms with Gasteiger partial charge in [-0.15, -0.1) is 0 Å². The Morgan fingerprint density at radius 3 is 1.50 bits per heavy atom. The van der Waals surface area contributed by atoms with Crippen LogP contribution >= 0.6 is 23.2 Å². The molecular weight excluding hydrogens is 102 g/mol. The van der Waals surface area contributed by atoms with Gasteiger partial charge >= 0.3 is 0 Å². The van der Waals surface area contributed by atoms with Crippen LogP contribution < -0.4 is 0 Å². The minimum absolute atomic E-state index is 1.72. The van der Waals surface area contributed by atoms with E-state index in [0.29, 0.717) is 0 Å². The second-order valence-electron chi connectivity index (χ2n) is 0.247. The van der Waals surface area contributed by atoms with Gasteiger partial charge in [-0.1, -0.05) is 23.2 Å². The first-order chi connectivity index (χ1) is 1.73. The van der Waals surface area contributed by atoms with E-state index in [1.807, 2.05) is 0 Å². The predicted molar refractivity (Wildman–Crippen MR) is 16.6 cm³/mol. The normalized spacial score (nSPS) is 9.00. The Kier molecular flexibility index (Phi) is 2.02. The second-order valence-corrected chi connectivity index (χ2v) is 1.24. The molecule has 0 aromatic rings. The monoisotopic (exact) mass is 102 g/mol. The average Bonchev–Trinajstić information content (AvgIpc) is 0.811. The van der Waals surface area contributed by atoms with Crippen LogP contribution in [-0.4, -0.2) is 5.09 Å². The summed E-state index contributed by atoms with van der Waals surface area (Å²) >= 11 is 8.75. The van der Waals surface area contributed by atoms with Crippen LogP contribution in [0.15, 0.2) is 0 Å². The van der Waals surface area contributed by atoms with Crippen molar-refractivity contribution >= 4 is 23.2 Å². The molecule has 0 aliphatic rings. The molecule has 0 amide bonds. The fourth-order valence-electron chi connectivity index (χ4n) is 0. The summed E-state index contributed by atoms with van der Waals surface area (Å²) in [5.74, 6) is 0. The third-order valence-corrected chi connectivity index (χ3v) is 0. The molecule has 26 valence electrons. The molecule has 0 rings (SSSR count). The van der Waals surface area contributed by atoms with E-state index in [-0.39, 0.29) is 0 Å². The van der Waals surface area contributed by atoms with Crippen LogP contribution in [0.1, 0.15) is 0 Å². The van der Waals surface area contributed by atoms with Crippen LogP contribution in [0, 0.1) is 0 Å². The van der Waals surface area contributed by atoms with Gasteiger partial charge in [0.2, 0.25) is 5.09 Å². The maximum Gasteiger partial charge on any atom is 0.247 e. The minimum atomic E-state index is -1.72. The summed E-state index contributed by atoms with van der Waals surface area (Å²) in [7, 11) is 0. The molecule has 0 radical (unpaired) electrons. The van der Waals surface area contributed by atoms with E-state index in [9.17, 15) is 4.39 Å². The number of hydrogen-bond donors (Lipinski definition) is 0. The van der Waals surface area contributed by atoms with Crippen LogP contribution in [0.4, 0.5) is 4.39 Å². The van der Waals surface area contributed by atoms with Crippen molar-refractivity contribution in [2.75, 3.05) is 0 Å². The van der Waals surface area contributed by atoms with E-state index in [1.54, 1.807) is 0 Å². The molecule has 0 nitrogen and oxygen atoms in total. The van der Waals surface area contributed by atoms with Gasteiger partial charge in [-0.3, -0.25) is 0 Å². The number of rotatable bonds is 0. The molecule has 0 N–H and O–H groups in total. The van der Waals surface area contributed by atoms with Gasteiger partial charge in [0.05, 0.1) is 0 Å². The SMILES string of the molecule is FC(Cl)Cl. The van der Waals surface area contributed by atoms with Gasteiger partial charge in [-0.25, -0.2) is 4.39 Å². The lowest BCUT2D eigenvalue weighted by molar-refractivity contribution is 0.553. The summed E-state index contributed by atoms with van der Waals surface area (Å²) in [6, 6.07) is 0. The van der Waals surface area contributed by atoms with Crippen molar-refractivity contribution in [1.82, 2.24) is 0 Å². The zero-order chi connectivity index (χ0) is 3.58. The molecule has 0 unspecified atom stereocenters. The molecule has 0 spiro atoms. The Labute approximate surface area is 33.5 Å². The summed E-state index contributed by atoms with van der Waals surface area (Å²) in [6.45, 7) is 0. The van der Waals surface area contributed by atoms with E-state index in [0.717, 1.165) is 0 Å². The van der Waals surface area contributed by atoms with Gasteiger partial charge in [0.25, 0.3) is 0 Å². The lowest BCUT2D eigenvalue weighted by Gasteiger charge is -1.68. The Morgan fingerprint density at radius 2 is 1.50 bits per heavy atom. The Balaban J connectivity index is 2.32. The molecule has 0 bridgehead atoms. The fraction of sp³-hybridized carbons (Fsp3) is 1.00. The van der Waals surface area contributed by atoms with E-state index >= 15 is 0 Å². The van der Waals surface area contributed by atoms with Crippen LogP contribution in [0.5, 0.6) is 0 Å². The Hall–Kier alpha value is 0.510. The lowest BCUT2D eigenvalue weighted by Crippen LogP contribution is -1.58. The van der Waals surface area contributed by atoms with Crippen LogP contribution in [0.3, 0.4) is 0 Å². The molecule has 0 aliphatic carbocycles. The van der Waals surface area contributed by atoms with Crippen molar-refractivity contribution in [2.24, 2.45) is 0 Å². The highest BCUT2D eigenvalue weighted by atomic mass is 35.5. The van der Waals surface area contributed by atoms with E-state index in [1.165, 1.54) is 0 Å². The predicted octanol–water partition coefficient (Wildman–Crippen LogP) is 1.72. The Bertz CT molecular complexity index is 10.8. The first-order valence-corrected chi connectivity index (χ1v) is 1.53. The van der Waals surface area contributed by atoms with Crippen molar-refractivity contribution in [1.29, 1.82) is 0 Å². The van der Waals surface area contributed by atoms with Gasteiger partial charge in [-0.05, 0) is 0 Å². The van der Waals surface area contributed by atoms with Crippen LogP contribution in [0.25, 0.3) is 0 Å². The zero-order valence-electron chi connectivity index (χ0n) is 1.71. The van der Waals surface area contributed by atoms with E-state index in [2.05, 4.69) is 23.2 Å². The van der Waals surface area contributed by atoms with Gasteiger partial charge in [0.1, 0.15) is 0 Å². The summed E-state index contributed by atoms with van der Waals surface area (Å²) in [5, 5.41) is -1.72. The topological polar surface area (TPSA) is 0 Å². The number of hydrogen-bond acceptors (Lipinski definition) is 0. The van der Waals surface area contributed by atoms with Gasteiger partial charge in [0.15, 0.2) is 0 Å². The first-order valence-electron chi connectivity index (χ1n) is 0.655. The molecular formula is CHCl2F. The van der Waals surface area contributed by atoms with Gasteiger partial charge in [0, 0.05) is 0 Å². The summed E-state index contributed by atoms with van der Waals surface area (Å²) in [5.41, 5.74) is 0. The summed E-state index contributed by atoms with van der Waals surface area (Å²) in [6.07, 6.45) is 0. The quantitative estimate of drug-likeness (QED) is 0.409. The largest absolute Gasteiger partial charge is 0.247 e. The summed E-state index contributed by atoms with van der Waals surface area (Å²) in [4.78, 5) is 0. The van der Waals surface area contributed by atoms with Crippen LogP contribution in [-0.2, 0) is 0 Å². The van der Waals surface area contributed by atoms with Crippen molar-refractivity contribution < 1.29 is 4.39 Å². The van der Waals surface area contributed by atoms with Gasteiger partial charge < -0.3 is 0 Å². The molecule has 0 atom stereocenters. The van der Waals surface area contributed by atoms with Crippen molar-refractivity contribution in [2.45, 2.75) is 5.09 Å². The van der Waals surface area contributed by atoms with E-state index < -0.39 is 5.09 Å². The zero-order valence-corrected chi connectivity index (χ0v) is 3.22. The number of halogens is 3. The molecule has 0 heterocycles. The molecule has 0 aliphatic heterocycles. The average molecular weight is 103 g/mol. The Morgan fingerprint density at radius 1 is 1.50 bits per heavy atom. The maximum absolute atomic E-state index is 10.5. The van der Waals surface area contributed by atoms with Gasteiger partial charge in [-0.2, -0.15) is 0 Å². The molecule has 0 fully saturated rings. The van der Waals surface area contributed by atoms with Crippen LogP contribution in [0.2, 0.25) is 0 Å². The van der Waals surface area contributed by atoms with Crippen molar-refractivity contribution in [3.05, 3.63) is 0 Å². The standard InChI is InChI=1S/CHCl2F/c2-1(3)4/h1H. The first kappa shape index (κ1) is 4.51. The summed E-state index contributed by atoms with van der Waals surface area (Å²) < 4.78 is 10.5. The van der Waals surface area contributed by atoms with Crippen molar-refractivity contribution in [3.8, 4) is 0 Å². The smallest absolute Gasteiger partial charge is 0.212 e. The minimum Gasteiger partial charge on any atom is -0.212 e. The highest BCUT2D eigenvalue weighted by Crippen LogP contribution is 1.98. The molecule has 0 saturated heterocycles. The molecule has 0 saturated carbocycles. The lowest BCUT2D eigenvalue weighted by atomic mass is 11.8. The number of alkyl halides is 3. The maximum atomic E-state index is 10.5. The highest BCUT2D eigenvalue weighted by molar-refractivity contribution is 6.42. The second kappa shape index (κ2) is 1.79. The van der Waals surface area contributed by atoms with Crippen molar-refractivity contribution in [3.63, 3.8) is 0 Å². The third-order valence-electron chi connectivity index (χ3n) is 0. The third kappa shape index (κ3) is 22.0. The highest BCUT2D eigenvalue weighted by Gasteiger charge is 1.81. The molecule has 0 aromatic carbocycles. The van der Waals surface area contributed by atoms with E-state index in [4.69, 9.17) is 0 Å².